The van der Waals surface area contributed by atoms with Crippen LogP contribution in [0.3, 0.4) is 0 Å². The van der Waals surface area contributed by atoms with Crippen molar-refractivity contribution in [3.63, 3.8) is 0 Å². The fourth-order valence-corrected chi connectivity index (χ4v) is 5.13. The average molecular weight is 294 g/mol. The van der Waals surface area contributed by atoms with Gasteiger partial charge in [0.25, 0.3) is 0 Å². The minimum atomic E-state index is -2.83. The molecule has 1 aliphatic heterocycles. The van der Waals surface area contributed by atoms with E-state index >= 15 is 0 Å². The minimum absolute atomic E-state index is 0.123. The molecule has 0 radical (unpaired) electrons. The third-order valence-electron chi connectivity index (χ3n) is 4.26. The summed E-state index contributed by atoms with van der Waals surface area (Å²) in [7, 11) is -0.723. The molecule has 0 aromatic heterocycles. The van der Waals surface area contributed by atoms with Crippen molar-refractivity contribution >= 4 is 21.6 Å². The molecule has 2 N–H and O–H groups in total. The van der Waals surface area contributed by atoms with E-state index in [1.54, 1.807) is 0 Å². The average Bonchev–Trinajstić information content (AvgIpc) is 2.36. The molecule has 1 rings (SSSR count). The van der Waals surface area contributed by atoms with E-state index < -0.39 is 9.84 Å². The van der Waals surface area contributed by atoms with Gasteiger partial charge in [0.05, 0.1) is 11.5 Å². The molecule has 0 spiro atoms. The predicted molar refractivity (Wildman–Crippen MR) is 79.9 cm³/mol. The van der Waals surface area contributed by atoms with Crippen molar-refractivity contribution in [2.75, 3.05) is 37.1 Å². The number of sulfone groups is 1. The van der Waals surface area contributed by atoms with Gasteiger partial charge in [-0.15, -0.1) is 0 Å². The maximum absolute atomic E-state index is 11.6. The van der Waals surface area contributed by atoms with Crippen LogP contribution >= 0.6 is 11.8 Å². The van der Waals surface area contributed by atoms with E-state index in [1.807, 2.05) is 11.8 Å². The lowest BCUT2D eigenvalue weighted by atomic mass is 9.89. The number of nitrogens with two attached hydrogens (primary N) is 1. The fraction of sp³-hybridized carbons (Fsp3) is 1.00. The second kappa shape index (κ2) is 6.59. The van der Waals surface area contributed by atoms with Crippen molar-refractivity contribution in [1.29, 1.82) is 0 Å². The number of hydrogen-bond donors (Lipinski definition) is 1. The van der Waals surface area contributed by atoms with E-state index in [0.29, 0.717) is 25.4 Å². The van der Waals surface area contributed by atoms with E-state index in [4.69, 9.17) is 5.73 Å². The highest BCUT2D eigenvalue weighted by molar-refractivity contribution is 7.98. The highest BCUT2D eigenvalue weighted by Crippen LogP contribution is 2.31. The first-order valence-corrected chi connectivity index (χ1v) is 9.74. The number of nitrogens with zero attached hydrogens (tertiary/aromatic N) is 1. The molecule has 4 nitrogen and oxygen atoms in total. The van der Waals surface area contributed by atoms with Gasteiger partial charge in [-0.05, 0) is 32.6 Å². The molecule has 1 atom stereocenters. The molecule has 0 aliphatic carbocycles. The smallest absolute Gasteiger partial charge is 0.150 e. The van der Waals surface area contributed by atoms with E-state index in [1.165, 1.54) is 0 Å². The molecule has 1 aliphatic rings. The Morgan fingerprint density at radius 2 is 1.94 bits per heavy atom. The van der Waals surface area contributed by atoms with E-state index in [2.05, 4.69) is 25.1 Å². The van der Waals surface area contributed by atoms with Crippen molar-refractivity contribution in [2.24, 2.45) is 5.73 Å². The van der Waals surface area contributed by atoms with E-state index in [9.17, 15) is 8.42 Å². The van der Waals surface area contributed by atoms with Crippen LogP contribution in [0.15, 0.2) is 0 Å². The van der Waals surface area contributed by atoms with Gasteiger partial charge < -0.3 is 5.73 Å². The van der Waals surface area contributed by atoms with Gasteiger partial charge in [0.2, 0.25) is 0 Å². The molecule has 1 heterocycles. The maximum Gasteiger partial charge on any atom is 0.150 e. The molecule has 18 heavy (non-hydrogen) atoms. The van der Waals surface area contributed by atoms with Gasteiger partial charge in [-0.2, -0.15) is 11.8 Å². The molecule has 0 amide bonds. The summed E-state index contributed by atoms with van der Waals surface area (Å²) >= 11 is 1.83. The van der Waals surface area contributed by atoms with Crippen molar-refractivity contribution in [2.45, 2.75) is 37.8 Å². The van der Waals surface area contributed by atoms with Crippen LogP contribution in [0.5, 0.6) is 0 Å². The first kappa shape index (κ1) is 16.3. The Labute approximate surface area is 116 Å². The van der Waals surface area contributed by atoms with Crippen LogP contribution in [0.1, 0.15) is 26.2 Å². The zero-order chi connectivity index (χ0) is 13.8. The van der Waals surface area contributed by atoms with Gasteiger partial charge in [-0.1, -0.05) is 6.92 Å². The summed E-state index contributed by atoms with van der Waals surface area (Å²) < 4.78 is 23.2. The Kier molecular flexibility index (Phi) is 5.96. The highest BCUT2D eigenvalue weighted by atomic mass is 32.2. The fourth-order valence-electron chi connectivity index (χ4n) is 2.70. The van der Waals surface area contributed by atoms with Crippen LogP contribution in [0.2, 0.25) is 0 Å². The first-order valence-electron chi connectivity index (χ1n) is 6.53. The largest absolute Gasteiger partial charge is 0.329 e. The normalized spacial score (nSPS) is 24.1. The second-order valence-corrected chi connectivity index (χ2v) is 8.42. The number of hydrogen-bond acceptors (Lipinski definition) is 5. The summed E-state index contributed by atoms with van der Waals surface area (Å²) in [6.45, 7) is 2.73. The minimum Gasteiger partial charge on any atom is -0.329 e. The van der Waals surface area contributed by atoms with Crippen molar-refractivity contribution in [3.8, 4) is 0 Å². The molecule has 1 fully saturated rings. The summed E-state index contributed by atoms with van der Waals surface area (Å²) in [5, 5.41) is 0. The molecular weight excluding hydrogens is 268 g/mol. The van der Waals surface area contributed by atoms with Crippen LogP contribution in [0.4, 0.5) is 0 Å². The Hall–Kier alpha value is 0.220. The van der Waals surface area contributed by atoms with Gasteiger partial charge >= 0.3 is 0 Å². The molecule has 0 bridgehead atoms. The molecule has 0 aromatic rings. The Balaban J connectivity index is 2.81. The lowest BCUT2D eigenvalue weighted by molar-refractivity contribution is 0.0746. The first-order chi connectivity index (χ1) is 8.40. The lowest BCUT2D eigenvalue weighted by Gasteiger charge is -2.47. The van der Waals surface area contributed by atoms with Gasteiger partial charge in [0.1, 0.15) is 9.84 Å². The van der Waals surface area contributed by atoms with Crippen LogP contribution in [0.25, 0.3) is 0 Å². The van der Waals surface area contributed by atoms with E-state index in [-0.39, 0.29) is 17.0 Å². The number of rotatable bonds is 6. The molecule has 1 saturated heterocycles. The van der Waals surface area contributed by atoms with Crippen LogP contribution in [-0.2, 0) is 9.84 Å². The van der Waals surface area contributed by atoms with Gasteiger partial charge in [0, 0.05) is 23.9 Å². The highest BCUT2D eigenvalue weighted by Gasteiger charge is 2.41. The Bertz CT molecular complexity index is 343. The monoisotopic (exact) mass is 294 g/mol. The number of likely N-dealkylation sites (N-methyl/N-ethyl adjacent to an activating group) is 1. The molecule has 6 heteroatoms. The van der Waals surface area contributed by atoms with Gasteiger partial charge in [0.15, 0.2) is 0 Å². The summed E-state index contributed by atoms with van der Waals surface area (Å²) in [4.78, 5) is 2.35. The second-order valence-electron chi connectivity index (χ2n) is 5.21. The predicted octanol–water partition coefficient (Wildman–Crippen LogP) is 0.966. The Morgan fingerprint density at radius 3 is 2.33 bits per heavy atom. The van der Waals surface area contributed by atoms with Crippen molar-refractivity contribution in [3.05, 3.63) is 0 Å². The molecular formula is C12H26N2O2S2. The lowest BCUT2D eigenvalue weighted by Crippen LogP contribution is -2.59. The maximum atomic E-state index is 11.6. The zero-order valence-corrected chi connectivity index (χ0v) is 13.3. The summed E-state index contributed by atoms with van der Waals surface area (Å²) in [6, 6.07) is 0.476. The van der Waals surface area contributed by atoms with Gasteiger partial charge in [-0.3, -0.25) is 4.90 Å². The summed E-state index contributed by atoms with van der Waals surface area (Å²) in [5.41, 5.74) is 5.85. The van der Waals surface area contributed by atoms with E-state index in [0.717, 1.165) is 12.2 Å². The third-order valence-corrected chi connectivity index (χ3v) is 6.63. The number of thioether (sulfide) groups is 1. The summed E-state index contributed by atoms with van der Waals surface area (Å²) in [6.07, 6.45) is 4.53. The van der Waals surface area contributed by atoms with Crippen molar-refractivity contribution in [1.82, 2.24) is 4.90 Å². The van der Waals surface area contributed by atoms with Crippen molar-refractivity contribution < 1.29 is 8.42 Å². The molecule has 0 saturated carbocycles. The Morgan fingerprint density at radius 1 is 1.39 bits per heavy atom. The quantitative estimate of drug-likeness (QED) is 0.791. The molecule has 1 unspecified atom stereocenters. The van der Waals surface area contributed by atoms with Gasteiger partial charge in [-0.25, -0.2) is 8.42 Å². The molecule has 0 aromatic carbocycles. The summed E-state index contributed by atoms with van der Waals surface area (Å²) in [5.74, 6) is 1.63. The van der Waals surface area contributed by atoms with Crippen LogP contribution in [0, 0.1) is 0 Å². The standard InChI is InChI=1S/C12H26N2O2S2/c1-4-11(9-17-3)14(2)12(10-13)5-7-18(15,16)8-6-12/h11H,4-10,13H2,1-3H3. The SMILES string of the molecule is CCC(CSC)N(C)C1(CN)CCS(=O)(=O)CC1. The zero-order valence-electron chi connectivity index (χ0n) is 11.7. The van der Waals surface area contributed by atoms with Crippen LogP contribution in [-0.4, -0.2) is 62.0 Å². The third kappa shape index (κ3) is 3.62. The molecule has 108 valence electrons. The van der Waals surface area contributed by atoms with Crippen LogP contribution < -0.4 is 5.73 Å². The topological polar surface area (TPSA) is 63.4 Å².